The molecule has 0 bridgehead atoms. The number of carbonyl (C=O) groups excluding carboxylic acids is 1. The highest BCUT2D eigenvalue weighted by Crippen LogP contribution is 2.47. The van der Waals surface area contributed by atoms with Gasteiger partial charge in [-0.2, -0.15) is 13.2 Å². The second-order valence-corrected chi connectivity index (χ2v) is 12.9. The number of nitrogens with zero attached hydrogens (tertiary/aromatic N) is 2. The van der Waals surface area contributed by atoms with Gasteiger partial charge in [0.2, 0.25) is 5.91 Å². The van der Waals surface area contributed by atoms with Crippen molar-refractivity contribution in [2.75, 3.05) is 46.4 Å². The lowest BCUT2D eigenvalue weighted by Gasteiger charge is -2.41. The fourth-order valence-corrected chi connectivity index (χ4v) is 7.18. The zero-order valence-corrected chi connectivity index (χ0v) is 27.2. The van der Waals surface area contributed by atoms with Crippen LogP contribution in [0.15, 0.2) is 54.6 Å². The molecule has 1 unspecified atom stereocenters. The zero-order chi connectivity index (χ0) is 35.3. The quantitative estimate of drug-likeness (QED) is 0.211. The maximum atomic E-state index is 14.4. The third-order valence-corrected chi connectivity index (χ3v) is 9.87. The van der Waals surface area contributed by atoms with Crippen molar-refractivity contribution in [2.45, 2.75) is 63.3 Å². The highest BCUT2D eigenvalue weighted by molar-refractivity contribution is 6.00. The van der Waals surface area contributed by atoms with Crippen LogP contribution in [-0.2, 0) is 22.4 Å². The van der Waals surface area contributed by atoms with Crippen LogP contribution in [0.5, 0.6) is 5.75 Å². The van der Waals surface area contributed by atoms with Crippen molar-refractivity contribution in [3.63, 3.8) is 0 Å². The van der Waals surface area contributed by atoms with Crippen LogP contribution in [-0.4, -0.2) is 98.0 Å². The molecule has 2 heterocycles. The van der Waals surface area contributed by atoms with Crippen molar-refractivity contribution in [1.29, 1.82) is 0 Å². The lowest BCUT2D eigenvalue weighted by atomic mass is 9.76. The van der Waals surface area contributed by atoms with E-state index < -0.39 is 61.5 Å². The molecule has 49 heavy (non-hydrogen) atoms. The van der Waals surface area contributed by atoms with Gasteiger partial charge >= 0.3 is 12.1 Å². The van der Waals surface area contributed by atoms with Crippen LogP contribution < -0.4 is 10.1 Å². The molecular weight excluding hydrogens is 652 g/mol. The summed E-state index contributed by atoms with van der Waals surface area (Å²) in [5.74, 6) is -2.36. The molecule has 2 fully saturated rings. The molecule has 3 aromatic rings. The first-order valence-corrected chi connectivity index (χ1v) is 16.5. The molecule has 2 atom stereocenters. The number of halogens is 6. The largest absolute Gasteiger partial charge is 0.496 e. The number of carboxylic acid groups (broad SMARTS) is 1. The van der Waals surface area contributed by atoms with Crippen molar-refractivity contribution in [3.8, 4) is 16.9 Å². The lowest BCUT2D eigenvalue weighted by Crippen LogP contribution is -2.59. The van der Waals surface area contributed by atoms with E-state index in [0.717, 1.165) is 35.0 Å². The molecule has 1 amide bonds. The number of rotatable bonds is 12. The van der Waals surface area contributed by atoms with Gasteiger partial charge in [-0.05, 0) is 85.3 Å². The van der Waals surface area contributed by atoms with Gasteiger partial charge in [-0.15, -0.1) is 0 Å². The minimum absolute atomic E-state index is 0.300. The van der Waals surface area contributed by atoms with E-state index in [1.54, 1.807) is 31.4 Å². The highest BCUT2D eigenvalue weighted by Gasteiger charge is 2.61. The van der Waals surface area contributed by atoms with E-state index in [4.69, 9.17) is 4.74 Å². The SMILES string of the molecule is COc1cccc(CCN2CCCC(F)C2)c1-c1cccc2c(C[C@H](NC(=O)C3(C(F)(F)F)CCN(CC(F)F)CC3)C(=O)O)cccc12. The Morgan fingerprint density at radius 1 is 0.980 bits per heavy atom. The molecule has 0 saturated carbocycles. The van der Waals surface area contributed by atoms with E-state index in [-0.39, 0.29) is 19.5 Å². The Morgan fingerprint density at radius 3 is 2.31 bits per heavy atom. The van der Waals surface area contributed by atoms with Crippen molar-refractivity contribution >= 4 is 22.6 Å². The molecule has 0 aromatic heterocycles. The second kappa shape index (κ2) is 15.4. The van der Waals surface area contributed by atoms with Gasteiger partial charge < -0.3 is 20.1 Å². The predicted molar refractivity (Wildman–Crippen MR) is 174 cm³/mol. The molecule has 2 saturated heterocycles. The molecule has 266 valence electrons. The van der Waals surface area contributed by atoms with Crippen molar-refractivity contribution in [1.82, 2.24) is 15.1 Å². The van der Waals surface area contributed by atoms with E-state index >= 15 is 0 Å². The number of carboxylic acids is 1. The Kier molecular flexibility index (Phi) is 11.4. The topological polar surface area (TPSA) is 82.1 Å². The maximum Gasteiger partial charge on any atom is 0.403 e. The van der Waals surface area contributed by atoms with Gasteiger partial charge in [0.15, 0.2) is 0 Å². The fraction of sp³-hybridized carbons (Fsp3) is 0.500. The molecule has 2 aliphatic heterocycles. The standard InChI is InChI=1S/C36H41F6N3O4/c1-49-30-12-3-6-23(13-17-44-16-5-8-25(37)21-44)32(30)28-11-4-9-26-24(7-2-10-27(26)28)20-29(33(46)47)43-34(48)35(36(40,41)42)14-18-45(19-15-35)22-31(38)39/h2-4,6-7,9-12,25,29,31H,5,8,13-22H2,1H3,(H,43,48)(H,46,47)/t25?,29-/m0/s1. The average Bonchev–Trinajstić information content (AvgIpc) is 3.06. The number of piperidine rings is 2. The molecule has 5 rings (SSSR count). The Bertz CT molecular complexity index is 1630. The van der Waals surface area contributed by atoms with Gasteiger partial charge in [-0.3, -0.25) is 9.69 Å². The highest BCUT2D eigenvalue weighted by atomic mass is 19.4. The number of aliphatic carboxylic acids is 1. The number of alkyl halides is 6. The van der Waals surface area contributed by atoms with Crippen LogP contribution >= 0.6 is 0 Å². The monoisotopic (exact) mass is 693 g/mol. The number of fused-ring (bicyclic) bond motifs is 1. The van der Waals surface area contributed by atoms with E-state index in [1.807, 2.05) is 30.3 Å². The Balaban J connectivity index is 1.43. The summed E-state index contributed by atoms with van der Waals surface area (Å²) < 4.78 is 88.7. The second-order valence-electron chi connectivity index (χ2n) is 12.9. The lowest BCUT2D eigenvalue weighted by molar-refractivity contribution is -0.233. The van der Waals surface area contributed by atoms with E-state index in [9.17, 15) is 41.0 Å². The minimum Gasteiger partial charge on any atom is -0.496 e. The van der Waals surface area contributed by atoms with Gasteiger partial charge in [0.05, 0.1) is 13.7 Å². The van der Waals surface area contributed by atoms with Crippen molar-refractivity contribution in [3.05, 3.63) is 65.7 Å². The van der Waals surface area contributed by atoms with Crippen LogP contribution in [0.1, 0.15) is 36.8 Å². The Morgan fingerprint density at radius 2 is 1.65 bits per heavy atom. The number of hydrogen-bond donors (Lipinski definition) is 2. The molecule has 0 spiro atoms. The normalized spacial score (nSPS) is 19.6. The van der Waals surface area contributed by atoms with Gasteiger partial charge in [0.25, 0.3) is 6.43 Å². The number of ether oxygens (including phenoxy) is 1. The fourth-order valence-electron chi connectivity index (χ4n) is 7.18. The number of likely N-dealkylation sites (tertiary alicyclic amines) is 2. The maximum absolute atomic E-state index is 14.4. The van der Waals surface area contributed by atoms with Crippen molar-refractivity contribution in [2.24, 2.45) is 5.41 Å². The molecule has 2 aliphatic rings. The number of amides is 1. The van der Waals surface area contributed by atoms with Gasteiger partial charge in [0.1, 0.15) is 23.4 Å². The van der Waals surface area contributed by atoms with Crippen LogP contribution in [0.25, 0.3) is 21.9 Å². The van der Waals surface area contributed by atoms with Crippen LogP contribution in [0, 0.1) is 5.41 Å². The molecule has 7 nitrogen and oxygen atoms in total. The molecule has 2 N–H and O–H groups in total. The summed E-state index contributed by atoms with van der Waals surface area (Å²) in [6.45, 7) is 0.408. The molecule has 0 radical (unpaired) electrons. The smallest absolute Gasteiger partial charge is 0.403 e. The number of benzene rings is 3. The zero-order valence-electron chi connectivity index (χ0n) is 27.2. The summed E-state index contributed by atoms with van der Waals surface area (Å²) in [7, 11) is 1.56. The number of hydrogen-bond acceptors (Lipinski definition) is 5. The van der Waals surface area contributed by atoms with E-state index in [0.29, 0.717) is 42.6 Å². The van der Waals surface area contributed by atoms with Gasteiger partial charge in [-0.1, -0.05) is 48.5 Å². The number of methoxy groups -OCH3 is 1. The Hall–Kier alpha value is -3.84. The number of carbonyl (C=O) groups is 2. The summed E-state index contributed by atoms with van der Waals surface area (Å²) in [4.78, 5) is 29.0. The third kappa shape index (κ3) is 8.15. The summed E-state index contributed by atoms with van der Waals surface area (Å²) in [5.41, 5.74) is 0.209. The first kappa shape index (κ1) is 36.4. The molecular formula is C36H41F6N3O4. The van der Waals surface area contributed by atoms with Gasteiger partial charge in [-0.25, -0.2) is 18.0 Å². The van der Waals surface area contributed by atoms with E-state index in [2.05, 4.69) is 10.2 Å². The van der Waals surface area contributed by atoms with Crippen LogP contribution in [0.3, 0.4) is 0 Å². The molecule has 0 aliphatic carbocycles. The summed E-state index contributed by atoms with van der Waals surface area (Å²) in [6, 6.07) is 14.8. The minimum atomic E-state index is -5.01. The first-order valence-electron chi connectivity index (χ1n) is 16.5. The summed E-state index contributed by atoms with van der Waals surface area (Å²) in [5, 5.41) is 13.6. The third-order valence-electron chi connectivity index (χ3n) is 9.87. The first-order chi connectivity index (χ1) is 23.3. The van der Waals surface area contributed by atoms with Crippen LogP contribution in [0.4, 0.5) is 26.3 Å². The molecule has 13 heteroatoms. The summed E-state index contributed by atoms with van der Waals surface area (Å²) >= 11 is 0. The van der Waals surface area contributed by atoms with Crippen molar-refractivity contribution < 1.29 is 45.8 Å². The Labute approximate surface area is 281 Å². The van der Waals surface area contributed by atoms with E-state index in [1.165, 1.54) is 4.90 Å². The number of nitrogens with one attached hydrogen (secondary N) is 1. The molecule has 3 aromatic carbocycles. The van der Waals surface area contributed by atoms with Crippen LogP contribution in [0.2, 0.25) is 0 Å². The van der Waals surface area contributed by atoms with Gasteiger partial charge in [0, 0.05) is 25.1 Å². The average molecular weight is 694 g/mol. The predicted octanol–water partition coefficient (Wildman–Crippen LogP) is 6.51. The summed E-state index contributed by atoms with van der Waals surface area (Å²) in [6.07, 6.45) is -8.42.